The van der Waals surface area contributed by atoms with E-state index in [-0.39, 0.29) is 18.6 Å². The van der Waals surface area contributed by atoms with Gasteiger partial charge in [0.15, 0.2) is 6.61 Å². The maximum atomic E-state index is 12.4. The van der Waals surface area contributed by atoms with Gasteiger partial charge in [-0.05, 0) is 55.2 Å². The quantitative estimate of drug-likeness (QED) is 0.764. The van der Waals surface area contributed by atoms with Crippen molar-refractivity contribution in [3.63, 3.8) is 0 Å². The van der Waals surface area contributed by atoms with Gasteiger partial charge < -0.3 is 14.2 Å². The summed E-state index contributed by atoms with van der Waals surface area (Å²) in [6, 6.07) is 5.94. The Kier molecular flexibility index (Phi) is 5.58. The zero-order valence-corrected chi connectivity index (χ0v) is 15.5. The lowest BCUT2D eigenvalue weighted by atomic mass is 9.87. The molecule has 2 heterocycles. The van der Waals surface area contributed by atoms with E-state index in [1.54, 1.807) is 4.90 Å². The maximum absolute atomic E-state index is 12.4. The van der Waals surface area contributed by atoms with Crippen LogP contribution in [0.2, 0.25) is 0 Å². The molecule has 1 amide bonds. The molecule has 0 atom stereocenters. The third-order valence-electron chi connectivity index (χ3n) is 4.97. The Balaban J connectivity index is 1.56. The van der Waals surface area contributed by atoms with Crippen LogP contribution in [0.3, 0.4) is 0 Å². The summed E-state index contributed by atoms with van der Waals surface area (Å²) in [6.45, 7) is 2.05. The smallest absolute Gasteiger partial charge is 0.350 e. The van der Waals surface area contributed by atoms with E-state index in [9.17, 15) is 9.59 Å². The minimum Gasteiger partial charge on any atom is -0.451 e. The molecule has 1 aliphatic carbocycles. The van der Waals surface area contributed by atoms with Crippen molar-refractivity contribution >= 4 is 23.2 Å². The lowest BCUT2D eigenvalue weighted by Crippen LogP contribution is -2.41. The van der Waals surface area contributed by atoms with Crippen molar-refractivity contribution in [2.75, 3.05) is 13.7 Å². The Morgan fingerprint density at radius 1 is 1.24 bits per heavy atom. The average molecular weight is 360 g/mol. The number of carbonyl (C=O) groups is 2. The van der Waals surface area contributed by atoms with E-state index in [1.807, 2.05) is 47.6 Å². The van der Waals surface area contributed by atoms with Crippen LogP contribution in [0.4, 0.5) is 0 Å². The number of hydrogen-bond acceptors (Lipinski definition) is 4. The van der Waals surface area contributed by atoms with Gasteiger partial charge in [0, 0.05) is 25.5 Å². The maximum Gasteiger partial charge on any atom is 0.350 e. The topological polar surface area (TPSA) is 51.5 Å². The van der Waals surface area contributed by atoms with Crippen molar-refractivity contribution in [2.24, 2.45) is 5.92 Å². The Hall–Kier alpha value is -2.08. The van der Waals surface area contributed by atoms with Crippen LogP contribution in [-0.2, 0) is 9.53 Å². The molecule has 1 aliphatic rings. The molecular weight excluding hydrogens is 336 g/mol. The zero-order chi connectivity index (χ0) is 17.8. The van der Waals surface area contributed by atoms with Gasteiger partial charge in [-0.15, -0.1) is 11.3 Å². The molecule has 0 saturated heterocycles. The number of thiophene rings is 1. The van der Waals surface area contributed by atoms with E-state index < -0.39 is 5.97 Å². The van der Waals surface area contributed by atoms with E-state index in [0.717, 1.165) is 37.3 Å². The minimum absolute atomic E-state index is 0.132. The highest BCUT2D eigenvalue weighted by molar-refractivity contribution is 7.12. The highest BCUT2D eigenvalue weighted by Gasteiger charge is 2.26. The Morgan fingerprint density at radius 3 is 2.60 bits per heavy atom. The molecule has 5 nitrogen and oxygen atoms in total. The summed E-state index contributed by atoms with van der Waals surface area (Å²) in [4.78, 5) is 27.0. The molecule has 3 rings (SSSR count). The number of esters is 1. The molecule has 134 valence electrons. The molecule has 0 spiro atoms. The molecule has 0 aliphatic heterocycles. The molecular formula is C19H24N2O3S. The van der Waals surface area contributed by atoms with E-state index in [4.69, 9.17) is 4.74 Å². The van der Waals surface area contributed by atoms with Crippen molar-refractivity contribution in [1.82, 2.24) is 9.47 Å². The average Bonchev–Trinajstić information content (AvgIpc) is 3.30. The van der Waals surface area contributed by atoms with E-state index in [1.165, 1.54) is 11.3 Å². The first kappa shape index (κ1) is 17.7. The summed E-state index contributed by atoms with van der Waals surface area (Å²) in [5, 5.41) is 1.85. The normalized spacial score (nSPS) is 20.2. The fourth-order valence-corrected chi connectivity index (χ4v) is 4.06. The number of nitrogens with zero attached hydrogens (tertiary/aromatic N) is 2. The van der Waals surface area contributed by atoms with Crippen LogP contribution in [0.25, 0.3) is 5.69 Å². The third-order valence-corrected chi connectivity index (χ3v) is 5.85. The number of rotatable bonds is 5. The second-order valence-corrected chi connectivity index (χ2v) is 7.64. The van der Waals surface area contributed by atoms with Gasteiger partial charge >= 0.3 is 5.97 Å². The van der Waals surface area contributed by atoms with Crippen LogP contribution < -0.4 is 0 Å². The molecule has 6 heteroatoms. The Bertz CT molecular complexity index is 715. The first-order chi connectivity index (χ1) is 12.1. The van der Waals surface area contributed by atoms with E-state index in [2.05, 4.69) is 6.92 Å². The number of likely N-dealkylation sites (N-methyl/N-ethyl adjacent to an activating group) is 1. The van der Waals surface area contributed by atoms with Gasteiger partial charge in [0.25, 0.3) is 5.91 Å². The molecule has 0 radical (unpaired) electrons. The standard InChI is InChI=1S/C19H24N2O3S/c1-14-5-7-15(8-6-14)20(2)17(22)13-24-19(23)18-16(9-12-25-18)21-10-3-4-11-21/h3-4,9-12,14-15H,5-8,13H2,1-2H3. The van der Waals surface area contributed by atoms with Crippen LogP contribution >= 0.6 is 11.3 Å². The van der Waals surface area contributed by atoms with Gasteiger partial charge in [-0.3, -0.25) is 4.79 Å². The number of aromatic nitrogens is 1. The Labute approximate surface area is 152 Å². The SMILES string of the molecule is CC1CCC(N(C)C(=O)COC(=O)c2sccc2-n2cccc2)CC1. The molecule has 0 unspecified atom stereocenters. The van der Waals surface area contributed by atoms with Gasteiger partial charge in [0.2, 0.25) is 0 Å². The third kappa shape index (κ3) is 4.12. The second-order valence-electron chi connectivity index (χ2n) is 6.72. The van der Waals surface area contributed by atoms with E-state index >= 15 is 0 Å². The molecule has 2 aromatic heterocycles. The van der Waals surface area contributed by atoms with Crippen LogP contribution in [0.5, 0.6) is 0 Å². The molecule has 0 aromatic carbocycles. The van der Waals surface area contributed by atoms with Gasteiger partial charge in [-0.25, -0.2) is 4.79 Å². The van der Waals surface area contributed by atoms with E-state index in [0.29, 0.717) is 4.88 Å². The Morgan fingerprint density at radius 2 is 1.92 bits per heavy atom. The van der Waals surface area contributed by atoms with Crippen molar-refractivity contribution in [3.8, 4) is 5.69 Å². The first-order valence-electron chi connectivity index (χ1n) is 8.70. The lowest BCUT2D eigenvalue weighted by molar-refractivity contribution is -0.136. The van der Waals surface area contributed by atoms with Crippen LogP contribution in [0.15, 0.2) is 36.0 Å². The largest absolute Gasteiger partial charge is 0.451 e. The summed E-state index contributed by atoms with van der Waals surface area (Å²) < 4.78 is 7.15. The van der Waals surface area contributed by atoms with Crippen LogP contribution in [-0.4, -0.2) is 41.0 Å². The molecule has 1 fully saturated rings. The highest BCUT2D eigenvalue weighted by Crippen LogP contribution is 2.26. The van der Waals surface area contributed by atoms with Crippen molar-refractivity contribution in [3.05, 3.63) is 40.8 Å². The molecule has 0 N–H and O–H groups in total. The lowest BCUT2D eigenvalue weighted by Gasteiger charge is -2.33. The number of amides is 1. The fourth-order valence-electron chi connectivity index (χ4n) is 3.28. The van der Waals surface area contributed by atoms with Gasteiger partial charge in [0.1, 0.15) is 4.88 Å². The molecule has 0 bridgehead atoms. The van der Waals surface area contributed by atoms with Gasteiger partial charge in [-0.2, -0.15) is 0 Å². The van der Waals surface area contributed by atoms with Crippen molar-refractivity contribution in [1.29, 1.82) is 0 Å². The van der Waals surface area contributed by atoms with Gasteiger partial charge in [-0.1, -0.05) is 6.92 Å². The van der Waals surface area contributed by atoms with Crippen LogP contribution in [0, 0.1) is 5.92 Å². The minimum atomic E-state index is -0.447. The van der Waals surface area contributed by atoms with Crippen LogP contribution in [0.1, 0.15) is 42.3 Å². The number of ether oxygens (including phenoxy) is 1. The summed E-state index contributed by atoms with van der Waals surface area (Å²) in [6.07, 6.45) is 8.11. The predicted octanol–water partition coefficient (Wildman–Crippen LogP) is 3.73. The van der Waals surface area contributed by atoms with Gasteiger partial charge in [0.05, 0.1) is 5.69 Å². The number of hydrogen-bond donors (Lipinski definition) is 0. The fraction of sp³-hybridized carbons (Fsp3) is 0.474. The molecule has 1 saturated carbocycles. The summed E-state index contributed by atoms with van der Waals surface area (Å²) >= 11 is 1.32. The summed E-state index contributed by atoms with van der Waals surface area (Å²) in [5.74, 6) is 0.160. The summed E-state index contributed by atoms with van der Waals surface area (Å²) in [5.41, 5.74) is 0.780. The van der Waals surface area contributed by atoms with Crippen molar-refractivity contribution in [2.45, 2.75) is 38.6 Å². The number of carbonyl (C=O) groups excluding carboxylic acids is 2. The predicted molar refractivity (Wildman–Crippen MR) is 98.1 cm³/mol. The monoisotopic (exact) mass is 360 g/mol. The molecule has 2 aromatic rings. The first-order valence-corrected chi connectivity index (χ1v) is 9.58. The summed E-state index contributed by atoms with van der Waals surface area (Å²) in [7, 11) is 1.81. The molecule has 25 heavy (non-hydrogen) atoms. The zero-order valence-electron chi connectivity index (χ0n) is 14.7. The highest BCUT2D eigenvalue weighted by atomic mass is 32.1. The second kappa shape index (κ2) is 7.87. The van der Waals surface area contributed by atoms with Crippen molar-refractivity contribution < 1.29 is 14.3 Å².